The van der Waals surface area contributed by atoms with E-state index in [-0.39, 0.29) is 75.6 Å². The molecule has 7 N–H and O–H groups in total. The van der Waals surface area contributed by atoms with Gasteiger partial charge in [0, 0.05) is 114 Å². The number of anilines is 2. The van der Waals surface area contributed by atoms with Gasteiger partial charge in [0.25, 0.3) is 28.1 Å². The number of carbonyl (C=O) groups excluding carboxylic acids is 1. The van der Waals surface area contributed by atoms with Crippen LogP contribution < -0.4 is 38.8 Å². The van der Waals surface area contributed by atoms with Crippen LogP contribution in [0.2, 0.25) is 0 Å². The largest absolute Gasteiger partial charge is 0.488 e. The van der Waals surface area contributed by atoms with Gasteiger partial charge in [-0.3, -0.25) is 58.4 Å². The summed E-state index contributed by atoms with van der Waals surface area (Å²) in [4.78, 5) is 82.3. The quantitative estimate of drug-likeness (QED) is 0.0218. The number of H-pyrrole nitrogens is 1. The van der Waals surface area contributed by atoms with Crippen LogP contribution in [0.5, 0.6) is 0 Å². The molecule has 0 spiro atoms. The number of nitrogen functional groups attached to an aromatic ring is 1. The van der Waals surface area contributed by atoms with E-state index in [9.17, 15) is 61.8 Å². The summed E-state index contributed by atoms with van der Waals surface area (Å²) in [6.45, 7) is 11.3. The number of aliphatic hydroxyl groups is 1. The van der Waals surface area contributed by atoms with Crippen molar-refractivity contribution in [1.29, 1.82) is 0 Å². The van der Waals surface area contributed by atoms with Crippen LogP contribution in [0.3, 0.4) is 0 Å². The summed E-state index contributed by atoms with van der Waals surface area (Å²) in [7, 11) is -1.66. The molecule has 1 amide bonds. The molecule has 0 fully saturated rings. The van der Waals surface area contributed by atoms with Crippen LogP contribution in [0.4, 0.5) is 45.1 Å². The lowest BCUT2D eigenvalue weighted by Gasteiger charge is -2.13. The van der Waals surface area contributed by atoms with Crippen molar-refractivity contribution in [2.24, 2.45) is 0 Å². The van der Waals surface area contributed by atoms with Gasteiger partial charge in [0.15, 0.2) is 0 Å². The molecule has 0 bridgehead atoms. The van der Waals surface area contributed by atoms with Crippen LogP contribution in [0.1, 0.15) is 36.1 Å². The Labute approximate surface area is 587 Å². The van der Waals surface area contributed by atoms with Crippen LogP contribution in [0, 0.1) is 71.2 Å². The molecule has 8 aromatic carbocycles. The number of aliphatic hydroxyl groups excluding tert-OH is 1. The average Bonchev–Trinajstić information content (AvgIpc) is 0.808. The third kappa shape index (κ3) is 22.0. The number of nitro groups is 2. The van der Waals surface area contributed by atoms with E-state index in [0.717, 1.165) is 72.8 Å². The molecule has 4 heterocycles. The van der Waals surface area contributed by atoms with Gasteiger partial charge < -0.3 is 30.6 Å². The van der Waals surface area contributed by atoms with E-state index in [1.807, 2.05) is 26.8 Å². The molecule has 0 saturated heterocycles. The summed E-state index contributed by atoms with van der Waals surface area (Å²) < 4.78 is 61.4. The number of nitrogens with zero attached hydrogens (tertiary/aromatic N) is 5. The SMILES string of the molecule is CCO.CCOC(=O)Nc1cccc(-n2cc(-c3ccc(F)cc3)c(C)cc2=O)c1.Cc1cc(=O)[nH]cc1-c1ccc(F)cc1.Cc1cc(=O)n(-c2cccc(N)c2)cc1-c1ccc(F)cc1.Cc1cc(=O)n(-c2cccc([N+](=O)[O-])c2)cc1-c1ccc(F)cc1.O=[N+]([O-])c1cccc(B(O)O)c1. The molecule has 0 radical (unpaired) electrons. The van der Waals surface area contributed by atoms with E-state index >= 15 is 0 Å². The first-order valence-corrected chi connectivity index (χ1v) is 31.5. The minimum absolute atomic E-state index is 0.0942. The molecule has 12 rings (SSSR count). The van der Waals surface area contributed by atoms with Gasteiger partial charge in [-0.15, -0.1) is 0 Å². The highest BCUT2D eigenvalue weighted by atomic mass is 19.1. The van der Waals surface area contributed by atoms with E-state index < -0.39 is 23.1 Å². The number of aryl methyl sites for hydroxylation is 4. The first kappa shape index (κ1) is 77.4. The molecule has 26 heteroatoms. The standard InChI is InChI=1S/C21H19FN2O3.C18H13FN2O3.C18H15FN2O.C12H10FNO.C6H6BNO4.C2H6O/c1-3-27-21(26)23-17-5-4-6-18(12-17)24-13-19(14(2)11-20(24)25)15-7-9-16(22)10-8-15;1-12-9-18(22)20(15-3-2-4-16(10-15)21(23)24)11-17(12)13-5-7-14(19)8-6-13;1-12-9-18(22)21(16-4-2-3-15(20)10-16)11-17(12)13-5-7-14(19)8-6-13;1-8-6-12(15)14-7-11(8)9-2-4-10(13)5-3-9;9-7(10)5-2-1-3-6(4-5)8(11)12;1-2-3/h4-13H,3H2,1-2H3,(H,23,26);2-11H,1H3;2-11H,20H2,1H3;2-7H,1H3,(H,14,15);1-4,9-10H;3H,2H2,1H3. The maximum Gasteiger partial charge on any atom is 0.488 e. The first-order valence-electron chi connectivity index (χ1n) is 31.5. The Balaban J connectivity index is 0.000000183. The van der Waals surface area contributed by atoms with Crippen molar-refractivity contribution < 1.29 is 52.1 Å². The van der Waals surface area contributed by atoms with Crippen LogP contribution >= 0.6 is 0 Å². The molecule has 0 aliphatic heterocycles. The fourth-order valence-electron chi connectivity index (χ4n) is 10.0. The third-order valence-corrected chi connectivity index (χ3v) is 15.0. The van der Waals surface area contributed by atoms with Crippen molar-refractivity contribution in [3.63, 3.8) is 0 Å². The summed E-state index contributed by atoms with van der Waals surface area (Å²) >= 11 is 0. The smallest absolute Gasteiger partial charge is 0.450 e. The zero-order valence-corrected chi connectivity index (χ0v) is 56.3. The fraction of sp³-hybridized carbons (Fsp3) is 0.104. The summed E-state index contributed by atoms with van der Waals surface area (Å²) in [6, 6.07) is 55.6. The Morgan fingerprint density at radius 1 is 0.495 bits per heavy atom. The van der Waals surface area contributed by atoms with Gasteiger partial charge in [-0.1, -0.05) is 78.9 Å². The second-order valence-corrected chi connectivity index (χ2v) is 22.5. The Bertz CT molecular complexity index is 5190. The number of non-ortho nitro benzene ring substituents is 2. The van der Waals surface area contributed by atoms with Crippen LogP contribution in [-0.2, 0) is 4.74 Å². The van der Waals surface area contributed by atoms with Gasteiger partial charge >= 0.3 is 13.2 Å². The zero-order chi connectivity index (χ0) is 75.0. The number of carbonyl (C=O) groups is 1. The number of pyridine rings is 4. The van der Waals surface area contributed by atoms with E-state index in [4.69, 9.17) is 25.6 Å². The van der Waals surface area contributed by atoms with Crippen molar-refractivity contribution in [3.8, 4) is 61.6 Å². The molecule has 0 aliphatic carbocycles. The molecule has 103 heavy (non-hydrogen) atoms. The number of halogens is 4. The van der Waals surface area contributed by atoms with Crippen LogP contribution in [0.15, 0.2) is 262 Å². The zero-order valence-electron chi connectivity index (χ0n) is 56.3. The molecule has 0 aliphatic rings. The molecule has 0 atom stereocenters. The summed E-state index contributed by atoms with van der Waals surface area (Å²) in [5.74, 6) is -1.21. The number of nitrogens with two attached hydrogens (primary N) is 1. The molecular formula is C77H69BF4N8O13. The number of nitrogens with one attached hydrogen (secondary N) is 2. The number of benzene rings is 8. The molecule has 4 aromatic heterocycles. The number of amides is 1. The lowest BCUT2D eigenvalue weighted by atomic mass is 9.80. The highest BCUT2D eigenvalue weighted by Crippen LogP contribution is 2.28. The fourth-order valence-corrected chi connectivity index (χ4v) is 10.0. The first-order chi connectivity index (χ1) is 49.2. The maximum absolute atomic E-state index is 13.2. The van der Waals surface area contributed by atoms with Crippen molar-refractivity contribution >= 4 is 41.4 Å². The highest BCUT2D eigenvalue weighted by Gasteiger charge is 2.16. The maximum atomic E-state index is 13.2. The van der Waals surface area contributed by atoms with Gasteiger partial charge in [-0.05, 0) is 183 Å². The average molecular weight is 1400 g/mol. The predicted octanol–water partition coefficient (Wildman–Crippen LogP) is 13.7. The topological polar surface area (TPSA) is 310 Å². The number of aromatic nitrogens is 4. The lowest BCUT2D eigenvalue weighted by Crippen LogP contribution is -2.29. The Hall–Kier alpha value is -12.9. The molecule has 526 valence electrons. The normalized spacial score (nSPS) is 10.3. The van der Waals surface area contributed by atoms with Gasteiger partial charge in [0.1, 0.15) is 23.3 Å². The summed E-state index contributed by atoms with van der Waals surface area (Å²) in [5.41, 5.74) is 17.6. The van der Waals surface area contributed by atoms with Crippen LogP contribution in [0.25, 0.3) is 61.6 Å². The Morgan fingerprint density at radius 3 is 1.22 bits per heavy atom. The number of hydrogen-bond donors (Lipinski definition) is 6. The van der Waals surface area contributed by atoms with Crippen molar-refractivity contribution in [3.05, 3.63) is 350 Å². The molecule has 0 saturated carbocycles. The third-order valence-electron chi connectivity index (χ3n) is 15.0. The minimum Gasteiger partial charge on any atom is -0.450 e. The Kier molecular flexibility index (Phi) is 27.7. The van der Waals surface area contributed by atoms with Crippen molar-refractivity contribution in [1.82, 2.24) is 18.7 Å². The second kappa shape index (κ2) is 36.8. The predicted molar refractivity (Wildman–Crippen MR) is 391 cm³/mol. The number of ether oxygens (including phenoxy) is 1. The van der Waals surface area contributed by atoms with Gasteiger partial charge in [-0.25, -0.2) is 22.4 Å². The summed E-state index contributed by atoms with van der Waals surface area (Å²) in [5, 5.41) is 48.7. The number of hydrogen-bond acceptors (Lipinski definition) is 14. The van der Waals surface area contributed by atoms with E-state index in [0.29, 0.717) is 28.4 Å². The molecular weight excluding hydrogens is 1330 g/mol. The highest BCUT2D eigenvalue weighted by molar-refractivity contribution is 6.58. The summed E-state index contributed by atoms with van der Waals surface area (Å²) in [6.07, 6.45) is 6.18. The van der Waals surface area contributed by atoms with Crippen molar-refractivity contribution in [2.75, 3.05) is 24.3 Å². The molecule has 21 nitrogen and oxygen atoms in total. The number of nitro benzene ring substituents is 2. The van der Waals surface area contributed by atoms with E-state index in [1.165, 1.54) is 112 Å². The lowest BCUT2D eigenvalue weighted by molar-refractivity contribution is -0.385. The monoisotopic (exact) mass is 1400 g/mol. The Morgan fingerprint density at radius 2 is 0.845 bits per heavy atom. The van der Waals surface area contributed by atoms with Gasteiger partial charge in [0.2, 0.25) is 5.56 Å². The second-order valence-electron chi connectivity index (χ2n) is 22.5. The number of aromatic amines is 1. The van der Waals surface area contributed by atoms with Gasteiger partial charge in [-0.2, -0.15) is 0 Å². The minimum atomic E-state index is -1.66. The van der Waals surface area contributed by atoms with Crippen molar-refractivity contribution in [2.45, 2.75) is 41.5 Å². The molecule has 0 unspecified atom stereocenters. The number of rotatable bonds is 12. The van der Waals surface area contributed by atoms with Crippen LogP contribution in [-0.4, -0.2) is 70.1 Å². The van der Waals surface area contributed by atoms with Gasteiger partial charge in [0.05, 0.1) is 33.5 Å². The van der Waals surface area contributed by atoms with E-state index in [2.05, 4.69) is 10.3 Å². The van der Waals surface area contributed by atoms with E-state index in [1.54, 1.807) is 153 Å². The molecule has 12 aromatic rings.